The first-order valence-corrected chi connectivity index (χ1v) is 8.82. The summed E-state index contributed by atoms with van der Waals surface area (Å²) >= 11 is 0. The maximum Gasteiger partial charge on any atom is 0.169 e. The Morgan fingerprint density at radius 1 is 0.636 bits per heavy atom. The molecule has 0 unspecified atom stereocenters. The monoisotopic (exact) mass is 298 g/mol. The standard InChI is InChI=1S/C20H30N2/c1-3-5-6-7-8-9-14-22-17-12-20(13-18-22)19-10-15-21(4-2)16-11-19/h10-13,15-18H,3-9,14H2,1-2H3/q+2. The highest BCUT2D eigenvalue weighted by atomic mass is 14.9. The number of aromatic nitrogens is 2. The van der Waals surface area contributed by atoms with Crippen LogP contribution < -0.4 is 9.13 Å². The number of aryl methyl sites for hydroxylation is 2. The van der Waals surface area contributed by atoms with Crippen LogP contribution in [0.1, 0.15) is 52.4 Å². The van der Waals surface area contributed by atoms with Crippen LogP contribution in [0, 0.1) is 0 Å². The molecule has 0 N–H and O–H groups in total. The third-order valence-electron chi connectivity index (χ3n) is 4.25. The van der Waals surface area contributed by atoms with Crippen molar-refractivity contribution in [1.29, 1.82) is 0 Å². The molecule has 0 radical (unpaired) electrons. The molecule has 0 aromatic carbocycles. The van der Waals surface area contributed by atoms with Crippen molar-refractivity contribution in [1.82, 2.24) is 0 Å². The Morgan fingerprint density at radius 2 is 1.14 bits per heavy atom. The minimum atomic E-state index is 1.02. The zero-order valence-corrected chi connectivity index (χ0v) is 14.2. The number of hydrogen-bond donors (Lipinski definition) is 0. The average Bonchev–Trinajstić information content (AvgIpc) is 2.59. The van der Waals surface area contributed by atoms with Gasteiger partial charge in [-0.15, -0.1) is 0 Å². The van der Waals surface area contributed by atoms with Crippen LogP contribution in [0.25, 0.3) is 11.1 Å². The second kappa shape index (κ2) is 9.34. The Balaban J connectivity index is 1.82. The molecular weight excluding hydrogens is 268 g/mol. The Bertz CT molecular complexity index is 529. The summed E-state index contributed by atoms with van der Waals surface area (Å²) in [6.45, 7) is 6.59. The maximum absolute atomic E-state index is 2.30. The van der Waals surface area contributed by atoms with Crippen LogP contribution in [-0.2, 0) is 13.1 Å². The van der Waals surface area contributed by atoms with Crippen LogP contribution in [0.3, 0.4) is 0 Å². The van der Waals surface area contributed by atoms with Crippen LogP contribution in [0.15, 0.2) is 49.1 Å². The largest absolute Gasteiger partial charge is 0.205 e. The fourth-order valence-corrected chi connectivity index (χ4v) is 2.73. The first-order valence-electron chi connectivity index (χ1n) is 8.82. The summed E-state index contributed by atoms with van der Waals surface area (Å²) in [5, 5.41) is 0. The molecule has 2 heteroatoms. The molecule has 0 saturated heterocycles. The molecule has 2 nitrogen and oxygen atoms in total. The minimum absolute atomic E-state index is 1.02. The van der Waals surface area contributed by atoms with Gasteiger partial charge < -0.3 is 0 Å². The summed E-state index contributed by atoms with van der Waals surface area (Å²) in [5.41, 5.74) is 2.58. The second-order valence-electron chi connectivity index (χ2n) is 6.01. The predicted molar refractivity (Wildman–Crippen MR) is 91.3 cm³/mol. The molecule has 0 aliphatic heterocycles. The molecule has 2 aromatic heterocycles. The Morgan fingerprint density at radius 3 is 1.68 bits per heavy atom. The average molecular weight is 298 g/mol. The highest BCUT2D eigenvalue weighted by Gasteiger charge is 2.04. The van der Waals surface area contributed by atoms with Crippen molar-refractivity contribution in [3.8, 4) is 11.1 Å². The third kappa shape index (κ3) is 5.25. The van der Waals surface area contributed by atoms with E-state index >= 15 is 0 Å². The van der Waals surface area contributed by atoms with Crippen LogP contribution in [-0.4, -0.2) is 0 Å². The Hall–Kier alpha value is -1.70. The lowest BCUT2D eigenvalue weighted by Crippen LogP contribution is -2.32. The molecule has 118 valence electrons. The van der Waals surface area contributed by atoms with E-state index in [0.29, 0.717) is 0 Å². The van der Waals surface area contributed by atoms with E-state index in [0.717, 1.165) is 13.1 Å². The molecule has 0 amide bonds. The first-order chi connectivity index (χ1) is 10.8. The Labute approximate surface area is 135 Å². The van der Waals surface area contributed by atoms with E-state index in [1.165, 1.54) is 49.7 Å². The molecular formula is C20H30N2+2. The molecule has 0 atom stereocenters. The first kappa shape index (κ1) is 16.7. The summed E-state index contributed by atoms with van der Waals surface area (Å²) in [6.07, 6.45) is 16.8. The smallest absolute Gasteiger partial charge is 0.169 e. The number of rotatable bonds is 9. The molecule has 0 spiro atoms. The summed E-state index contributed by atoms with van der Waals surface area (Å²) in [7, 11) is 0. The molecule has 0 saturated carbocycles. The lowest BCUT2D eigenvalue weighted by atomic mass is 10.1. The lowest BCUT2D eigenvalue weighted by Gasteiger charge is -2.01. The van der Waals surface area contributed by atoms with Gasteiger partial charge in [-0.1, -0.05) is 32.6 Å². The molecule has 22 heavy (non-hydrogen) atoms. The fraction of sp³-hybridized carbons (Fsp3) is 0.500. The van der Waals surface area contributed by atoms with E-state index < -0.39 is 0 Å². The van der Waals surface area contributed by atoms with Crippen molar-refractivity contribution >= 4 is 0 Å². The number of hydrogen-bond acceptors (Lipinski definition) is 0. The van der Waals surface area contributed by atoms with E-state index in [4.69, 9.17) is 0 Å². The van der Waals surface area contributed by atoms with Gasteiger partial charge in [-0.3, -0.25) is 0 Å². The molecule has 2 rings (SSSR count). The van der Waals surface area contributed by atoms with E-state index in [1.54, 1.807) is 0 Å². The van der Waals surface area contributed by atoms with Gasteiger partial charge in [-0.25, -0.2) is 9.13 Å². The summed E-state index contributed by atoms with van der Waals surface area (Å²) in [6, 6.07) is 8.83. The van der Waals surface area contributed by atoms with Gasteiger partial charge in [0.05, 0.1) is 0 Å². The van der Waals surface area contributed by atoms with Gasteiger partial charge in [-0.05, 0) is 24.5 Å². The molecule has 0 aliphatic carbocycles. The molecule has 0 aliphatic rings. The van der Waals surface area contributed by atoms with E-state index in [2.05, 4.69) is 72.0 Å². The highest BCUT2D eigenvalue weighted by molar-refractivity contribution is 5.60. The van der Waals surface area contributed by atoms with Gasteiger partial charge in [0.1, 0.15) is 13.1 Å². The van der Waals surface area contributed by atoms with Gasteiger partial charge >= 0.3 is 0 Å². The summed E-state index contributed by atoms with van der Waals surface area (Å²) < 4.78 is 4.49. The van der Waals surface area contributed by atoms with Crippen LogP contribution in [0.5, 0.6) is 0 Å². The second-order valence-corrected chi connectivity index (χ2v) is 6.01. The third-order valence-corrected chi connectivity index (χ3v) is 4.25. The molecule has 0 fully saturated rings. The molecule has 2 heterocycles. The van der Waals surface area contributed by atoms with Gasteiger partial charge in [0.25, 0.3) is 0 Å². The van der Waals surface area contributed by atoms with Crippen LogP contribution >= 0.6 is 0 Å². The van der Waals surface area contributed by atoms with Crippen molar-refractivity contribution in [2.45, 2.75) is 65.5 Å². The summed E-state index contributed by atoms with van der Waals surface area (Å²) in [4.78, 5) is 0. The van der Waals surface area contributed by atoms with Crippen LogP contribution in [0.4, 0.5) is 0 Å². The molecule has 0 bridgehead atoms. The van der Waals surface area contributed by atoms with E-state index in [1.807, 2.05) is 0 Å². The SMILES string of the molecule is CCCCCCCC[n+]1ccc(-c2cc[n+](CC)cc2)cc1. The minimum Gasteiger partial charge on any atom is -0.205 e. The van der Waals surface area contributed by atoms with Crippen molar-refractivity contribution in [2.75, 3.05) is 0 Å². The topological polar surface area (TPSA) is 7.76 Å². The zero-order valence-electron chi connectivity index (χ0n) is 14.2. The number of nitrogens with zero attached hydrogens (tertiary/aromatic N) is 2. The summed E-state index contributed by atoms with van der Waals surface area (Å²) in [5.74, 6) is 0. The molecule has 2 aromatic rings. The van der Waals surface area contributed by atoms with Crippen molar-refractivity contribution in [3.63, 3.8) is 0 Å². The highest BCUT2D eigenvalue weighted by Crippen LogP contribution is 2.15. The van der Waals surface area contributed by atoms with Gasteiger partial charge in [0, 0.05) is 30.7 Å². The van der Waals surface area contributed by atoms with E-state index in [9.17, 15) is 0 Å². The van der Waals surface area contributed by atoms with Crippen molar-refractivity contribution in [3.05, 3.63) is 49.1 Å². The van der Waals surface area contributed by atoms with Gasteiger partial charge in [0.2, 0.25) is 0 Å². The number of pyridine rings is 2. The van der Waals surface area contributed by atoms with E-state index in [-0.39, 0.29) is 0 Å². The lowest BCUT2D eigenvalue weighted by molar-refractivity contribution is -0.697. The zero-order chi connectivity index (χ0) is 15.6. The normalized spacial score (nSPS) is 10.8. The van der Waals surface area contributed by atoms with Crippen LogP contribution in [0.2, 0.25) is 0 Å². The Kier molecular flexibility index (Phi) is 7.08. The predicted octanol–water partition coefficient (Wildman–Crippen LogP) is 4.31. The number of unbranched alkanes of at least 4 members (excludes halogenated alkanes) is 5. The maximum atomic E-state index is 2.30. The van der Waals surface area contributed by atoms with Gasteiger partial charge in [-0.2, -0.15) is 0 Å². The van der Waals surface area contributed by atoms with Gasteiger partial charge in [0.15, 0.2) is 24.8 Å². The van der Waals surface area contributed by atoms with Crippen molar-refractivity contribution < 1.29 is 9.13 Å². The quantitative estimate of drug-likeness (QED) is 0.481. The van der Waals surface area contributed by atoms with Crippen molar-refractivity contribution in [2.24, 2.45) is 0 Å². The fourth-order valence-electron chi connectivity index (χ4n) is 2.73.